The molecule has 2 unspecified atom stereocenters. The fourth-order valence-electron chi connectivity index (χ4n) is 3.26. The van der Waals surface area contributed by atoms with Gasteiger partial charge in [0.25, 0.3) is 0 Å². The summed E-state index contributed by atoms with van der Waals surface area (Å²) in [5.41, 5.74) is 0.270. The minimum atomic E-state index is 0.270. The summed E-state index contributed by atoms with van der Waals surface area (Å²) in [6, 6.07) is 0.270. The minimum Gasteiger partial charge on any atom is -0.444 e. The highest BCUT2D eigenvalue weighted by molar-refractivity contribution is 5.03. The Morgan fingerprint density at radius 3 is 2.95 bits per heavy atom. The van der Waals surface area contributed by atoms with Gasteiger partial charge in [-0.2, -0.15) is 0 Å². The summed E-state index contributed by atoms with van der Waals surface area (Å²) in [7, 11) is 0. The second-order valence-corrected chi connectivity index (χ2v) is 6.43. The molecule has 2 aliphatic rings. The van der Waals surface area contributed by atoms with Crippen molar-refractivity contribution in [3.05, 3.63) is 17.8 Å². The summed E-state index contributed by atoms with van der Waals surface area (Å²) < 4.78 is 5.71. The quantitative estimate of drug-likeness (QED) is 0.910. The van der Waals surface area contributed by atoms with Gasteiger partial charge in [0, 0.05) is 18.6 Å². The van der Waals surface area contributed by atoms with Crippen molar-refractivity contribution in [2.75, 3.05) is 19.6 Å². The van der Waals surface area contributed by atoms with Crippen LogP contribution in [0.15, 0.2) is 10.6 Å². The van der Waals surface area contributed by atoms with E-state index in [-0.39, 0.29) is 11.6 Å². The van der Waals surface area contributed by atoms with Gasteiger partial charge in [-0.3, -0.25) is 4.90 Å². The highest BCUT2D eigenvalue weighted by Gasteiger charge is 2.43. The van der Waals surface area contributed by atoms with E-state index in [1.165, 1.54) is 19.3 Å². The Balaban J connectivity index is 1.75. The summed E-state index contributed by atoms with van der Waals surface area (Å²) in [5.74, 6) is 2.61. The van der Waals surface area contributed by atoms with Crippen LogP contribution in [-0.4, -0.2) is 35.1 Å². The van der Waals surface area contributed by atoms with Crippen LogP contribution in [0.5, 0.6) is 0 Å². The molecule has 4 heteroatoms. The zero-order valence-corrected chi connectivity index (χ0v) is 12.3. The lowest BCUT2D eigenvalue weighted by atomic mass is 9.95. The van der Waals surface area contributed by atoms with Gasteiger partial charge in [0.15, 0.2) is 0 Å². The molecule has 3 rings (SSSR count). The smallest absolute Gasteiger partial charge is 0.211 e. The molecule has 0 spiro atoms. The van der Waals surface area contributed by atoms with E-state index in [0.29, 0.717) is 0 Å². The van der Waals surface area contributed by atoms with Crippen LogP contribution in [0.2, 0.25) is 0 Å². The van der Waals surface area contributed by atoms with Crippen molar-refractivity contribution >= 4 is 0 Å². The van der Waals surface area contributed by atoms with Crippen molar-refractivity contribution in [2.24, 2.45) is 5.92 Å². The molecule has 19 heavy (non-hydrogen) atoms. The molecule has 1 aromatic rings. The molecule has 0 radical (unpaired) electrons. The van der Waals surface area contributed by atoms with Crippen LogP contribution in [0.3, 0.4) is 0 Å². The van der Waals surface area contributed by atoms with Crippen LogP contribution < -0.4 is 5.32 Å². The van der Waals surface area contributed by atoms with Gasteiger partial charge >= 0.3 is 0 Å². The van der Waals surface area contributed by atoms with Gasteiger partial charge in [0.1, 0.15) is 5.76 Å². The van der Waals surface area contributed by atoms with Crippen molar-refractivity contribution in [3.8, 4) is 0 Å². The van der Waals surface area contributed by atoms with E-state index < -0.39 is 0 Å². The molecule has 2 fully saturated rings. The third-order valence-corrected chi connectivity index (χ3v) is 4.71. The van der Waals surface area contributed by atoms with Crippen LogP contribution in [0.1, 0.15) is 50.8 Å². The minimum absolute atomic E-state index is 0.270. The Morgan fingerprint density at radius 2 is 2.32 bits per heavy atom. The molecule has 1 aromatic heterocycles. The maximum Gasteiger partial charge on any atom is 0.211 e. The molecule has 1 saturated heterocycles. The predicted molar refractivity (Wildman–Crippen MR) is 75.0 cm³/mol. The van der Waals surface area contributed by atoms with Gasteiger partial charge in [-0.25, -0.2) is 4.98 Å². The Hall–Kier alpha value is -0.870. The van der Waals surface area contributed by atoms with Crippen molar-refractivity contribution < 1.29 is 4.42 Å². The number of nitrogens with zero attached hydrogens (tertiary/aromatic N) is 2. The molecule has 0 aromatic carbocycles. The number of oxazole rings is 1. The molecule has 106 valence electrons. The van der Waals surface area contributed by atoms with Gasteiger partial charge in [-0.05, 0) is 52.5 Å². The van der Waals surface area contributed by atoms with E-state index in [1.807, 2.05) is 13.1 Å². The topological polar surface area (TPSA) is 41.3 Å². The van der Waals surface area contributed by atoms with E-state index in [0.717, 1.165) is 37.2 Å². The lowest BCUT2D eigenvalue weighted by molar-refractivity contribution is 0.141. The first-order valence-electron chi connectivity index (χ1n) is 7.50. The zero-order chi connectivity index (χ0) is 13.5. The first-order valence-corrected chi connectivity index (χ1v) is 7.50. The van der Waals surface area contributed by atoms with Crippen molar-refractivity contribution in [3.63, 3.8) is 0 Å². The van der Waals surface area contributed by atoms with Crippen molar-refractivity contribution in [1.82, 2.24) is 15.2 Å². The molecule has 0 bridgehead atoms. The van der Waals surface area contributed by atoms with E-state index >= 15 is 0 Å². The van der Waals surface area contributed by atoms with E-state index in [4.69, 9.17) is 4.42 Å². The fourth-order valence-corrected chi connectivity index (χ4v) is 3.26. The molecule has 0 amide bonds. The summed E-state index contributed by atoms with van der Waals surface area (Å²) in [6.07, 6.45) is 5.78. The first-order chi connectivity index (χ1) is 9.08. The third-order valence-electron chi connectivity index (χ3n) is 4.71. The molecular formula is C15H25N3O. The van der Waals surface area contributed by atoms with Crippen LogP contribution in [0, 0.1) is 12.8 Å². The fraction of sp³-hybridized carbons (Fsp3) is 0.800. The number of aromatic nitrogens is 1. The third kappa shape index (κ3) is 2.70. The number of hydrogen-bond acceptors (Lipinski definition) is 4. The van der Waals surface area contributed by atoms with Crippen LogP contribution in [-0.2, 0) is 0 Å². The Morgan fingerprint density at radius 1 is 1.53 bits per heavy atom. The van der Waals surface area contributed by atoms with Gasteiger partial charge in [-0.1, -0.05) is 0 Å². The van der Waals surface area contributed by atoms with Gasteiger partial charge in [0.05, 0.1) is 12.2 Å². The standard InChI is InChI=1S/C15H25N3O/c1-11-9-16-14(19-11)12(2)18-8-4-7-17-15(3,10-18)13-5-6-13/h9,12-13,17H,4-8,10H2,1-3H3. The lowest BCUT2D eigenvalue weighted by Crippen LogP contribution is -2.51. The second kappa shape index (κ2) is 4.91. The normalized spacial score (nSPS) is 31.1. The molecule has 2 atom stereocenters. The number of rotatable bonds is 3. The van der Waals surface area contributed by atoms with E-state index in [2.05, 4.69) is 29.0 Å². The second-order valence-electron chi connectivity index (χ2n) is 6.43. The summed E-state index contributed by atoms with van der Waals surface area (Å²) in [5, 5.41) is 3.77. The zero-order valence-electron chi connectivity index (χ0n) is 12.3. The molecule has 1 aliphatic heterocycles. The SMILES string of the molecule is Cc1cnc(C(C)N2CCCNC(C)(C3CC3)C2)o1. The highest BCUT2D eigenvalue weighted by Crippen LogP contribution is 2.41. The number of aryl methyl sites for hydroxylation is 1. The molecule has 1 N–H and O–H groups in total. The van der Waals surface area contributed by atoms with Crippen LogP contribution in [0.4, 0.5) is 0 Å². The first kappa shape index (κ1) is 13.1. The van der Waals surface area contributed by atoms with Gasteiger partial charge < -0.3 is 9.73 Å². The molecule has 1 aliphatic carbocycles. The molecule has 2 heterocycles. The van der Waals surface area contributed by atoms with E-state index in [1.54, 1.807) is 0 Å². The van der Waals surface area contributed by atoms with Crippen LogP contribution in [0.25, 0.3) is 0 Å². The van der Waals surface area contributed by atoms with Crippen molar-refractivity contribution in [2.45, 2.75) is 51.6 Å². The Kier molecular flexibility index (Phi) is 3.39. The Labute approximate surface area is 115 Å². The summed E-state index contributed by atoms with van der Waals surface area (Å²) in [6.45, 7) is 9.90. The highest BCUT2D eigenvalue weighted by atomic mass is 16.4. The lowest BCUT2D eigenvalue weighted by Gasteiger charge is -2.35. The predicted octanol–water partition coefficient (Wildman–Crippen LogP) is 2.51. The Bertz CT molecular complexity index is 440. The molecular weight excluding hydrogens is 238 g/mol. The summed E-state index contributed by atoms with van der Waals surface area (Å²) >= 11 is 0. The van der Waals surface area contributed by atoms with Crippen molar-refractivity contribution in [1.29, 1.82) is 0 Å². The maximum atomic E-state index is 5.71. The maximum absolute atomic E-state index is 5.71. The number of nitrogens with one attached hydrogen (secondary N) is 1. The van der Waals surface area contributed by atoms with Gasteiger partial charge in [-0.15, -0.1) is 0 Å². The van der Waals surface area contributed by atoms with Crippen LogP contribution >= 0.6 is 0 Å². The summed E-state index contributed by atoms with van der Waals surface area (Å²) in [4.78, 5) is 6.93. The average molecular weight is 263 g/mol. The average Bonchev–Trinajstić information content (AvgIpc) is 3.17. The molecule has 1 saturated carbocycles. The largest absolute Gasteiger partial charge is 0.444 e. The monoisotopic (exact) mass is 263 g/mol. The van der Waals surface area contributed by atoms with Gasteiger partial charge in [0.2, 0.25) is 5.89 Å². The number of hydrogen-bond donors (Lipinski definition) is 1. The van der Waals surface area contributed by atoms with E-state index in [9.17, 15) is 0 Å². The molecule has 4 nitrogen and oxygen atoms in total.